The van der Waals surface area contributed by atoms with Gasteiger partial charge in [0, 0.05) is 24.8 Å². The number of carbonyl (C=O) groups is 1. The molecule has 0 unspecified atom stereocenters. The summed E-state index contributed by atoms with van der Waals surface area (Å²) in [5, 5.41) is 4.54. The zero-order chi connectivity index (χ0) is 20.7. The van der Waals surface area contributed by atoms with Crippen molar-refractivity contribution in [1.82, 2.24) is 24.2 Å². The number of para-hydroxylation sites is 3. The summed E-state index contributed by atoms with van der Waals surface area (Å²) >= 11 is 0. The summed E-state index contributed by atoms with van der Waals surface area (Å²) in [4.78, 5) is 30.3. The molecule has 2 aromatic heterocycles. The fourth-order valence-electron chi connectivity index (χ4n) is 4.34. The minimum Gasteiger partial charge on any atom is -0.337 e. The zero-order valence-electron chi connectivity index (χ0n) is 16.8. The Morgan fingerprint density at radius 2 is 1.73 bits per heavy atom. The number of nitrogens with one attached hydrogen (secondary N) is 1. The van der Waals surface area contributed by atoms with E-state index in [1.165, 1.54) is 0 Å². The van der Waals surface area contributed by atoms with E-state index in [1.54, 1.807) is 4.68 Å². The van der Waals surface area contributed by atoms with Crippen molar-refractivity contribution < 1.29 is 4.79 Å². The van der Waals surface area contributed by atoms with Crippen molar-refractivity contribution in [1.29, 1.82) is 0 Å². The molecule has 1 amide bonds. The van der Waals surface area contributed by atoms with Crippen LogP contribution in [0.5, 0.6) is 0 Å². The summed E-state index contributed by atoms with van der Waals surface area (Å²) in [6.45, 7) is 3.16. The maximum absolute atomic E-state index is 13.0. The fourth-order valence-corrected chi connectivity index (χ4v) is 4.34. The molecule has 30 heavy (non-hydrogen) atoms. The molecule has 2 aromatic carbocycles. The number of amides is 1. The molecule has 7 nitrogen and oxygen atoms in total. The number of aromatic amines is 1. The van der Waals surface area contributed by atoms with E-state index in [-0.39, 0.29) is 17.6 Å². The predicted octanol–water partition coefficient (Wildman–Crippen LogP) is 3.30. The maximum atomic E-state index is 13.0. The summed E-state index contributed by atoms with van der Waals surface area (Å²) in [6.07, 6.45) is 1.48. The Kier molecular flexibility index (Phi) is 4.50. The number of carbonyl (C=O) groups excluding carboxylic acids is 1. The largest absolute Gasteiger partial charge is 0.337 e. The van der Waals surface area contributed by atoms with E-state index >= 15 is 0 Å². The first-order valence-electron chi connectivity index (χ1n) is 10.2. The fraction of sp³-hybridized carbons (Fsp3) is 0.261. The van der Waals surface area contributed by atoms with E-state index in [0.29, 0.717) is 18.8 Å². The molecule has 5 rings (SSSR count). The Balaban J connectivity index is 1.33. The van der Waals surface area contributed by atoms with Gasteiger partial charge in [-0.25, -0.2) is 9.48 Å². The van der Waals surface area contributed by atoms with Crippen LogP contribution in [-0.2, 0) is 0 Å². The van der Waals surface area contributed by atoms with Gasteiger partial charge in [-0.3, -0.25) is 9.36 Å². The van der Waals surface area contributed by atoms with Gasteiger partial charge in [-0.2, -0.15) is 5.10 Å². The summed E-state index contributed by atoms with van der Waals surface area (Å²) in [6, 6.07) is 19.5. The number of imidazole rings is 1. The SMILES string of the molecule is Cc1cc(C(=O)N2CCC(n3c(=O)[nH]c4ccccc43)CC2)nn1-c1ccccc1. The Morgan fingerprint density at radius 1 is 1.03 bits per heavy atom. The van der Waals surface area contributed by atoms with Gasteiger partial charge < -0.3 is 9.88 Å². The van der Waals surface area contributed by atoms with Crippen molar-refractivity contribution >= 4 is 16.9 Å². The van der Waals surface area contributed by atoms with Crippen LogP contribution in [0.2, 0.25) is 0 Å². The zero-order valence-corrected chi connectivity index (χ0v) is 16.8. The topological polar surface area (TPSA) is 75.9 Å². The highest BCUT2D eigenvalue weighted by molar-refractivity contribution is 5.92. The second-order valence-corrected chi connectivity index (χ2v) is 7.76. The lowest BCUT2D eigenvalue weighted by Gasteiger charge is -2.32. The molecule has 0 saturated carbocycles. The van der Waals surface area contributed by atoms with Crippen LogP contribution >= 0.6 is 0 Å². The number of aromatic nitrogens is 4. The van der Waals surface area contributed by atoms with E-state index < -0.39 is 0 Å². The van der Waals surface area contributed by atoms with Crippen LogP contribution in [0.3, 0.4) is 0 Å². The molecular formula is C23H23N5O2. The van der Waals surface area contributed by atoms with E-state index in [4.69, 9.17) is 0 Å². The van der Waals surface area contributed by atoms with Crippen molar-refractivity contribution in [3.63, 3.8) is 0 Å². The Bertz CT molecular complexity index is 1260. The monoisotopic (exact) mass is 401 g/mol. The molecule has 3 heterocycles. The van der Waals surface area contributed by atoms with Crippen LogP contribution in [0.1, 0.15) is 35.1 Å². The highest BCUT2D eigenvalue weighted by Gasteiger charge is 2.28. The average molecular weight is 401 g/mol. The first kappa shape index (κ1) is 18.4. The van der Waals surface area contributed by atoms with Gasteiger partial charge in [0.25, 0.3) is 5.91 Å². The third kappa shape index (κ3) is 3.12. The van der Waals surface area contributed by atoms with Gasteiger partial charge in [-0.15, -0.1) is 0 Å². The van der Waals surface area contributed by atoms with Gasteiger partial charge in [0.2, 0.25) is 0 Å². The standard InChI is InChI=1S/C23H23N5O2/c1-16-15-20(25-28(16)18-7-3-2-4-8-18)22(29)26-13-11-17(12-14-26)27-21-10-6-5-9-19(21)24-23(27)30/h2-10,15,17H,11-14H2,1H3,(H,24,30). The van der Waals surface area contributed by atoms with Crippen molar-refractivity contribution in [2.24, 2.45) is 0 Å². The van der Waals surface area contributed by atoms with Gasteiger partial charge in [0.05, 0.1) is 16.7 Å². The van der Waals surface area contributed by atoms with Gasteiger partial charge in [0.15, 0.2) is 5.69 Å². The van der Waals surface area contributed by atoms with Crippen molar-refractivity contribution in [3.8, 4) is 5.69 Å². The summed E-state index contributed by atoms with van der Waals surface area (Å²) < 4.78 is 3.64. The van der Waals surface area contributed by atoms with Crippen LogP contribution in [0.15, 0.2) is 65.5 Å². The van der Waals surface area contributed by atoms with Crippen LogP contribution in [0.4, 0.5) is 0 Å². The molecule has 1 saturated heterocycles. The Morgan fingerprint density at radius 3 is 2.50 bits per heavy atom. The lowest BCUT2D eigenvalue weighted by atomic mass is 10.0. The highest BCUT2D eigenvalue weighted by Crippen LogP contribution is 2.26. The minimum atomic E-state index is -0.0850. The van der Waals surface area contributed by atoms with E-state index in [1.807, 2.05) is 77.1 Å². The molecule has 0 atom stereocenters. The minimum absolute atomic E-state index is 0.0579. The molecule has 1 aliphatic rings. The number of aryl methyl sites for hydroxylation is 1. The summed E-state index contributed by atoms with van der Waals surface area (Å²) in [7, 11) is 0. The van der Waals surface area contributed by atoms with E-state index in [0.717, 1.165) is 35.3 Å². The van der Waals surface area contributed by atoms with Crippen molar-refractivity contribution in [2.75, 3.05) is 13.1 Å². The number of benzene rings is 2. The maximum Gasteiger partial charge on any atom is 0.326 e. The number of piperidine rings is 1. The lowest BCUT2D eigenvalue weighted by Crippen LogP contribution is -2.40. The smallest absolute Gasteiger partial charge is 0.326 e. The van der Waals surface area contributed by atoms with Gasteiger partial charge in [-0.05, 0) is 50.1 Å². The molecule has 0 spiro atoms. The second kappa shape index (κ2) is 7.33. The number of hydrogen-bond acceptors (Lipinski definition) is 3. The van der Waals surface area contributed by atoms with Gasteiger partial charge in [0.1, 0.15) is 0 Å². The molecular weight excluding hydrogens is 378 g/mol. The summed E-state index contributed by atoms with van der Waals surface area (Å²) in [5.74, 6) is -0.0579. The lowest BCUT2D eigenvalue weighted by molar-refractivity contribution is 0.0688. The Hall–Kier alpha value is -3.61. The number of likely N-dealkylation sites (tertiary alicyclic amines) is 1. The first-order chi connectivity index (χ1) is 14.6. The van der Waals surface area contributed by atoms with Gasteiger partial charge in [-0.1, -0.05) is 30.3 Å². The van der Waals surface area contributed by atoms with Crippen molar-refractivity contribution in [2.45, 2.75) is 25.8 Å². The number of H-pyrrole nitrogens is 1. The highest BCUT2D eigenvalue weighted by atomic mass is 16.2. The average Bonchev–Trinajstić information content (AvgIpc) is 3.33. The molecule has 152 valence electrons. The number of nitrogens with zero attached hydrogens (tertiary/aromatic N) is 4. The molecule has 0 bridgehead atoms. The van der Waals surface area contributed by atoms with Crippen LogP contribution < -0.4 is 5.69 Å². The van der Waals surface area contributed by atoms with Crippen LogP contribution in [0.25, 0.3) is 16.7 Å². The molecule has 1 aliphatic heterocycles. The third-order valence-electron chi connectivity index (χ3n) is 5.85. The third-order valence-corrected chi connectivity index (χ3v) is 5.85. The van der Waals surface area contributed by atoms with Crippen molar-refractivity contribution in [3.05, 3.63) is 82.5 Å². The number of fused-ring (bicyclic) bond motifs is 1. The normalized spacial score (nSPS) is 15.0. The molecule has 4 aromatic rings. The molecule has 0 aliphatic carbocycles. The molecule has 1 fully saturated rings. The van der Waals surface area contributed by atoms with Crippen LogP contribution in [0, 0.1) is 6.92 Å². The molecule has 0 radical (unpaired) electrons. The van der Waals surface area contributed by atoms with Crippen LogP contribution in [-0.4, -0.2) is 43.2 Å². The van der Waals surface area contributed by atoms with Gasteiger partial charge >= 0.3 is 5.69 Å². The first-order valence-corrected chi connectivity index (χ1v) is 10.2. The van der Waals surface area contributed by atoms with E-state index in [2.05, 4.69) is 10.1 Å². The predicted molar refractivity (Wildman–Crippen MR) is 115 cm³/mol. The quantitative estimate of drug-likeness (QED) is 0.572. The molecule has 1 N–H and O–H groups in total. The summed E-state index contributed by atoms with van der Waals surface area (Å²) in [5.41, 5.74) is 4.00. The Labute approximate surface area is 173 Å². The van der Waals surface area contributed by atoms with E-state index in [9.17, 15) is 9.59 Å². The number of hydrogen-bond donors (Lipinski definition) is 1. The second-order valence-electron chi connectivity index (χ2n) is 7.76. The number of rotatable bonds is 3. The molecule has 7 heteroatoms.